The van der Waals surface area contributed by atoms with Crippen molar-refractivity contribution < 1.29 is 0 Å². The third-order valence-corrected chi connectivity index (χ3v) is 4.45. The number of fused-ring (bicyclic) bond motifs is 1. The number of hydrogen-bond donors (Lipinski definition) is 1. The Kier molecular flexibility index (Phi) is 3.50. The molecule has 1 aromatic heterocycles. The Labute approximate surface area is 110 Å². The van der Waals surface area contributed by atoms with E-state index < -0.39 is 0 Å². The molecule has 1 aliphatic carbocycles. The summed E-state index contributed by atoms with van der Waals surface area (Å²) in [5.41, 5.74) is 1.15. The zero-order chi connectivity index (χ0) is 12.4. The molecule has 2 fully saturated rings. The van der Waals surface area contributed by atoms with Gasteiger partial charge in [0.05, 0.1) is 5.69 Å². The van der Waals surface area contributed by atoms with Crippen molar-refractivity contribution >= 4 is 5.82 Å². The Balaban J connectivity index is 1.79. The van der Waals surface area contributed by atoms with Gasteiger partial charge in [-0.3, -0.25) is 0 Å². The molecule has 18 heavy (non-hydrogen) atoms. The molecule has 98 valence electrons. The van der Waals surface area contributed by atoms with E-state index >= 15 is 0 Å². The fraction of sp³-hybridized carbons (Fsp3) is 0.667. The highest BCUT2D eigenvalue weighted by atomic mass is 15.2. The molecule has 1 saturated heterocycles. The van der Waals surface area contributed by atoms with Crippen molar-refractivity contribution in [3.05, 3.63) is 23.9 Å². The quantitative estimate of drug-likeness (QED) is 0.887. The van der Waals surface area contributed by atoms with E-state index in [4.69, 9.17) is 4.98 Å². The van der Waals surface area contributed by atoms with E-state index in [9.17, 15) is 0 Å². The molecule has 0 amide bonds. The van der Waals surface area contributed by atoms with Crippen LogP contribution < -0.4 is 10.2 Å². The highest BCUT2D eigenvalue weighted by Gasteiger charge is 2.36. The van der Waals surface area contributed by atoms with E-state index in [-0.39, 0.29) is 0 Å². The van der Waals surface area contributed by atoms with Crippen LogP contribution >= 0.6 is 0 Å². The second kappa shape index (κ2) is 5.27. The van der Waals surface area contributed by atoms with Gasteiger partial charge in [0, 0.05) is 19.1 Å². The van der Waals surface area contributed by atoms with Gasteiger partial charge in [0.15, 0.2) is 0 Å². The predicted octanol–water partition coefficient (Wildman–Crippen LogP) is 2.57. The summed E-state index contributed by atoms with van der Waals surface area (Å²) in [6.45, 7) is 2.06. The van der Waals surface area contributed by atoms with E-state index in [0.717, 1.165) is 24.2 Å². The molecule has 0 bridgehead atoms. The first-order chi connectivity index (χ1) is 8.88. The molecular formula is C15H23N3. The lowest BCUT2D eigenvalue weighted by atomic mass is 9.85. The molecule has 0 aromatic carbocycles. The zero-order valence-corrected chi connectivity index (χ0v) is 11.2. The molecule has 0 spiro atoms. The summed E-state index contributed by atoms with van der Waals surface area (Å²) < 4.78 is 0. The SMILES string of the molecule is CNCc1cccc(N2CCC3CCCCC32)n1. The number of pyridine rings is 1. The van der Waals surface area contributed by atoms with Crippen molar-refractivity contribution in [2.45, 2.75) is 44.7 Å². The van der Waals surface area contributed by atoms with E-state index in [2.05, 4.69) is 28.4 Å². The van der Waals surface area contributed by atoms with Crippen molar-refractivity contribution in [2.75, 3.05) is 18.5 Å². The average molecular weight is 245 g/mol. The number of nitrogens with zero attached hydrogens (tertiary/aromatic N) is 2. The number of nitrogens with one attached hydrogen (secondary N) is 1. The Bertz CT molecular complexity index is 404. The van der Waals surface area contributed by atoms with Gasteiger partial charge in [-0.25, -0.2) is 4.98 Å². The molecule has 1 aromatic rings. The topological polar surface area (TPSA) is 28.2 Å². The predicted molar refractivity (Wildman–Crippen MR) is 74.7 cm³/mol. The number of hydrogen-bond acceptors (Lipinski definition) is 3. The molecule has 3 rings (SSSR count). The molecule has 1 saturated carbocycles. The van der Waals surface area contributed by atoms with E-state index in [1.54, 1.807) is 0 Å². The fourth-order valence-corrected chi connectivity index (χ4v) is 3.60. The molecule has 2 unspecified atom stereocenters. The molecule has 3 heteroatoms. The number of anilines is 1. The molecule has 2 aliphatic rings. The van der Waals surface area contributed by atoms with Gasteiger partial charge < -0.3 is 10.2 Å². The summed E-state index contributed by atoms with van der Waals surface area (Å²) in [6, 6.07) is 7.19. The Morgan fingerprint density at radius 1 is 1.28 bits per heavy atom. The maximum absolute atomic E-state index is 4.80. The number of rotatable bonds is 3. The van der Waals surface area contributed by atoms with Crippen LogP contribution in [-0.4, -0.2) is 24.6 Å². The molecule has 2 heterocycles. The normalized spacial score (nSPS) is 27.3. The van der Waals surface area contributed by atoms with Gasteiger partial charge in [0.1, 0.15) is 5.82 Å². The second-order valence-corrected chi connectivity index (χ2v) is 5.61. The van der Waals surface area contributed by atoms with Crippen LogP contribution in [0.4, 0.5) is 5.82 Å². The molecule has 0 radical (unpaired) electrons. The summed E-state index contributed by atoms with van der Waals surface area (Å²) in [5, 5.41) is 3.18. The molecule has 2 atom stereocenters. The summed E-state index contributed by atoms with van der Waals surface area (Å²) in [5.74, 6) is 2.12. The second-order valence-electron chi connectivity index (χ2n) is 5.61. The maximum atomic E-state index is 4.80. The molecular weight excluding hydrogens is 222 g/mol. The lowest BCUT2D eigenvalue weighted by Crippen LogP contribution is -2.35. The molecule has 1 aliphatic heterocycles. The monoisotopic (exact) mass is 245 g/mol. The van der Waals surface area contributed by atoms with Crippen molar-refractivity contribution in [1.29, 1.82) is 0 Å². The summed E-state index contributed by atoms with van der Waals surface area (Å²) >= 11 is 0. The van der Waals surface area contributed by atoms with Gasteiger partial charge >= 0.3 is 0 Å². The van der Waals surface area contributed by atoms with Crippen LogP contribution in [0.15, 0.2) is 18.2 Å². The van der Waals surface area contributed by atoms with E-state index in [1.807, 2.05) is 7.05 Å². The molecule has 3 nitrogen and oxygen atoms in total. The third-order valence-electron chi connectivity index (χ3n) is 4.45. The van der Waals surface area contributed by atoms with Crippen LogP contribution in [0.5, 0.6) is 0 Å². The highest BCUT2D eigenvalue weighted by molar-refractivity contribution is 5.42. The lowest BCUT2D eigenvalue weighted by Gasteiger charge is -2.32. The minimum Gasteiger partial charge on any atom is -0.353 e. The minimum atomic E-state index is 0.760. The molecule has 1 N–H and O–H groups in total. The highest BCUT2D eigenvalue weighted by Crippen LogP contribution is 2.38. The van der Waals surface area contributed by atoms with E-state index in [0.29, 0.717) is 0 Å². The Hall–Kier alpha value is -1.09. The van der Waals surface area contributed by atoms with E-state index in [1.165, 1.54) is 44.5 Å². The maximum Gasteiger partial charge on any atom is 0.129 e. The number of aromatic nitrogens is 1. The first kappa shape index (κ1) is 12.0. The first-order valence-corrected chi connectivity index (χ1v) is 7.25. The summed E-state index contributed by atoms with van der Waals surface area (Å²) in [7, 11) is 1.97. The van der Waals surface area contributed by atoms with Gasteiger partial charge in [0.2, 0.25) is 0 Å². The van der Waals surface area contributed by atoms with Crippen LogP contribution in [0.25, 0.3) is 0 Å². The summed E-state index contributed by atoms with van der Waals surface area (Å²) in [4.78, 5) is 7.36. The third kappa shape index (κ3) is 2.24. The van der Waals surface area contributed by atoms with Crippen molar-refractivity contribution in [2.24, 2.45) is 5.92 Å². The standard InChI is InChI=1S/C15H23N3/c1-16-11-13-6-4-8-15(17-13)18-10-9-12-5-2-3-7-14(12)18/h4,6,8,12,14,16H,2-3,5,7,9-11H2,1H3. The van der Waals surface area contributed by atoms with Crippen LogP contribution in [0.3, 0.4) is 0 Å². The Morgan fingerprint density at radius 3 is 3.06 bits per heavy atom. The van der Waals surface area contributed by atoms with Gasteiger partial charge in [0.25, 0.3) is 0 Å². The van der Waals surface area contributed by atoms with Gasteiger partial charge in [-0.1, -0.05) is 18.9 Å². The van der Waals surface area contributed by atoms with Crippen LogP contribution in [0.2, 0.25) is 0 Å². The smallest absolute Gasteiger partial charge is 0.129 e. The zero-order valence-electron chi connectivity index (χ0n) is 11.2. The van der Waals surface area contributed by atoms with Crippen molar-refractivity contribution in [3.63, 3.8) is 0 Å². The van der Waals surface area contributed by atoms with Crippen molar-refractivity contribution in [3.8, 4) is 0 Å². The van der Waals surface area contributed by atoms with Gasteiger partial charge in [-0.2, -0.15) is 0 Å². The average Bonchev–Trinajstić information content (AvgIpc) is 2.83. The Morgan fingerprint density at radius 2 is 2.17 bits per heavy atom. The van der Waals surface area contributed by atoms with Crippen molar-refractivity contribution in [1.82, 2.24) is 10.3 Å². The van der Waals surface area contributed by atoms with Gasteiger partial charge in [-0.05, 0) is 44.4 Å². The first-order valence-electron chi connectivity index (χ1n) is 7.25. The summed E-state index contributed by atoms with van der Waals surface area (Å²) in [6.07, 6.45) is 6.98. The largest absolute Gasteiger partial charge is 0.353 e. The van der Waals surface area contributed by atoms with Crippen LogP contribution in [-0.2, 0) is 6.54 Å². The van der Waals surface area contributed by atoms with Crippen LogP contribution in [0, 0.1) is 5.92 Å². The minimum absolute atomic E-state index is 0.760. The lowest BCUT2D eigenvalue weighted by molar-refractivity contribution is 0.341. The van der Waals surface area contributed by atoms with Gasteiger partial charge in [-0.15, -0.1) is 0 Å². The fourth-order valence-electron chi connectivity index (χ4n) is 3.60. The van der Waals surface area contributed by atoms with Crippen LogP contribution in [0.1, 0.15) is 37.8 Å².